The smallest absolute Gasteiger partial charge is 0.355 e. The van der Waals surface area contributed by atoms with Gasteiger partial charge in [0.05, 0.1) is 28.0 Å². The molecule has 4 aromatic rings. The van der Waals surface area contributed by atoms with E-state index in [0.717, 1.165) is 5.69 Å². The van der Waals surface area contributed by atoms with Crippen molar-refractivity contribution in [3.63, 3.8) is 0 Å². The van der Waals surface area contributed by atoms with Crippen LogP contribution in [0.2, 0.25) is 0 Å². The zero-order chi connectivity index (χ0) is 32.2. The molecular weight excluding hydrogens is 578 g/mol. The molecule has 1 saturated heterocycles. The molecule has 2 aliphatic heterocycles. The lowest BCUT2D eigenvalue weighted by Crippen LogP contribution is -2.54. The standard InChI is InChI=1S/C33H36F2N8O2/c1-7-26(44)41-15-16-42(20(4)18-41)31-21-17-23(35)29-27-22(34)9-8-10-24(27)39(5)13-14-40(6)25-11-12-36-28(19(2)3)30(25)43(32(21)37-29)33(45)38-31/h7-12,17,19-20H,1,13-16,18H2,2-6H3/t20-/m0/s1. The van der Waals surface area contributed by atoms with Crippen LogP contribution in [0.25, 0.3) is 28.0 Å². The molecule has 0 unspecified atom stereocenters. The van der Waals surface area contributed by atoms with Gasteiger partial charge < -0.3 is 19.6 Å². The number of nitrogens with zero attached hydrogens (tertiary/aromatic N) is 8. The van der Waals surface area contributed by atoms with Gasteiger partial charge in [0.2, 0.25) is 5.91 Å². The highest BCUT2D eigenvalue weighted by atomic mass is 19.1. The lowest BCUT2D eigenvalue weighted by molar-refractivity contribution is -0.126. The van der Waals surface area contributed by atoms with Crippen molar-refractivity contribution in [3.05, 3.63) is 77.0 Å². The second kappa shape index (κ2) is 11.6. The van der Waals surface area contributed by atoms with Crippen LogP contribution in [0.4, 0.5) is 26.0 Å². The molecule has 0 aliphatic carbocycles. The second-order valence-corrected chi connectivity index (χ2v) is 12.0. The molecule has 0 radical (unpaired) electrons. The van der Waals surface area contributed by atoms with Crippen LogP contribution in [-0.4, -0.2) is 83.2 Å². The van der Waals surface area contributed by atoms with Crippen LogP contribution < -0.4 is 20.4 Å². The van der Waals surface area contributed by atoms with Crippen LogP contribution in [0.15, 0.2) is 54.0 Å². The molecule has 2 bridgehead atoms. The number of fused-ring (bicyclic) bond motifs is 5. The van der Waals surface area contributed by atoms with E-state index in [0.29, 0.717) is 55.2 Å². The van der Waals surface area contributed by atoms with Crippen molar-refractivity contribution < 1.29 is 13.6 Å². The number of rotatable bonds is 3. The maximum atomic E-state index is 16.3. The minimum absolute atomic E-state index is 0.0143. The normalized spacial score (nSPS) is 16.8. The first-order valence-electron chi connectivity index (χ1n) is 15.0. The monoisotopic (exact) mass is 614 g/mol. The molecule has 234 valence electrons. The van der Waals surface area contributed by atoms with Crippen LogP contribution in [0, 0.1) is 11.6 Å². The maximum absolute atomic E-state index is 16.3. The zero-order valence-electron chi connectivity index (χ0n) is 26.1. The van der Waals surface area contributed by atoms with E-state index in [1.807, 2.05) is 55.6 Å². The fourth-order valence-electron chi connectivity index (χ4n) is 6.33. The van der Waals surface area contributed by atoms with Gasteiger partial charge in [-0.15, -0.1) is 0 Å². The first-order valence-corrected chi connectivity index (χ1v) is 15.0. The molecule has 1 fully saturated rings. The SMILES string of the molecule is C=CC(=O)N1CCN(c2nc(=O)n3c4nc(c(F)cc24)-c2c(F)cccc2N(C)CCN(C)c2ccnc(C(C)C)c2-3)[C@@H](C)C1. The van der Waals surface area contributed by atoms with Gasteiger partial charge in [0.1, 0.15) is 17.3 Å². The fraction of sp³-hybridized carbons (Fsp3) is 0.364. The Labute approximate surface area is 260 Å². The Morgan fingerprint density at radius 1 is 1.02 bits per heavy atom. The van der Waals surface area contributed by atoms with E-state index in [2.05, 4.69) is 16.5 Å². The lowest BCUT2D eigenvalue weighted by Gasteiger charge is -2.40. The van der Waals surface area contributed by atoms with Crippen molar-refractivity contribution in [1.82, 2.24) is 24.4 Å². The predicted molar refractivity (Wildman–Crippen MR) is 172 cm³/mol. The third-order valence-electron chi connectivity index (χ3n) is 8.71. The number of aromatic nitrogens is 4. The first kappa shape index (κ1) is 30.2. The molecular formula is C33H36F2N8O2. The topological polar surface area (TPSA) is 90.7 Å². The van der Waals surface area contributed by atoms with Crippen LogP contribution in [0.1, 0.15) is 32.4 Å². The summed E-state index contributed by atoms with van der Waals surface area (Å²) in [6, 6.07) is 7.49. The molecule has 0 N–H and O–H groups in total. The average molecular weight is 615 g/mol. The Balaban J connectivity index is 1.72. The number of hydrogen-bond acceptors (Lipinski definition) is 8. The Bertz CT molecular complexity index is 1890. The molecule has 2 aliphatic rings. The van der Waals surface area contributed by atoms with Crippen LogP contribution >= 0.6 is 0 Å². The number of hydrogen-bond donors (Lipinski definition) is 0. The van der Waals surface area contributed by atoms with Gasteiger partial charge in [-0.1, -0.05) is 26.5 Å². The van der Waals surface area contributed by atoms with Gasteiger partial charge >= 0.3 is 5.69 Å². The molecule has 1 atom stereocenters. The lowest BCUT2D eigenvalue weighted by atomic mass is 10.0. The van der Waals surface area contributed by atoms with E-state index in [9.17, 15) is 9.59 Å². The van der Waals surface area contributed by atoms with Gasteiger partial charge in [0, 0.05) is 64.7 Å². The van der Waals surface area contributed by atoms with E-state index >= 15 is 8.78 Å². The first-order chi connectivity index (χ1) is 21.5. The summed E-state index contributed by atoms with van der Waals surface area (Å²) in [5.41, 5.74) is 1.69. The number of piperazine rings is 1. The van der Waals surface area contributed by atoms with E-state index in [-0.39, 0.29) is 40.6 Å². The number of pyridine rings is 2. The molecule has 45 heavy (non-hydrogen) atoms. The number of benzene rings is 1. The fourth-order valence-corrected chi connectivity index (χ4v) is 6.33. The number of halogens is 2. The Morgan fingerprint density at radius 2 is 1.76 bits per heavy atom. The van der Waals surface area contributed by atoms with Crippen molar-refractivity contribution >= 4 is 34.1 Å². The minimum atomic E-state index is -0.742. The van der Waals surface area contributed by atoms with Gasteiger partial charge in [-0.05, 0) is 43.2 Å². The summed E-state index contributed by atoms with van der Waals surface area (Å²) in [4.78, 5) is 48.1. The third-order valence-corrected chi connectivity index (χ3v) is 8.71. The number of anilines is 3. The summed E-state index contributed by atoms with van der Waals surface area (Å²) >= 11 is 0. The molecule has 3 aromatic heterocycles. The molecule has 5 heterocycles. The summed E-state index contributed by atoms with van der Waals surface area (Å²) in [5.74, 6) is -1.38. The quantitative estimate of drug-likeness (QED) is 0.315. The Kier molecular flexibility index (Phi) is 7.75. The summed E-state index contributed by atoms with van der Waals surface area (Å²) in [6.07, 6.45) is 2.99. The predicted octanol–water partition coefficient (Wildman–Crippen LogP) is 4.35. The van der Waals surface area contributed by atoms with Crippen LogP contribution in [0.3, 0.4) is 0 Å². The van der Waals surface area contributed by atoms with Gasteiger partial charge in [-0.2, -0.15) is 4.98 Å². The van der Waals surface area contributed by atoms with Crippen molar-refractivity contribution in [2.45, 2.75) is 32.7 Å². The van der Waals surface area contributed by atoms with E-state index < -0.39 is 17.3 Å². The average Bonchev–Trinajstić information content (AvgIpc) is 3.02. The highest BCUT2D eigenvalue weighted by Gasteiger charge is 2.32. The molecule has 0 spiro atoms. The number of amides is 1. The number of likely N-dealkylation sites (N-methyl/N-ethyl adjacent to an activating group) is 2. The van der Waals surface area contributed by atoms with Crippen LogP contribution in [0.5, 0.6) is 0 Å². The highest BCUT2D eigenvalue weighted by molar-refractivity contribution is 5.93. The number of carbonyl (C=O) groups is 1. The van der Waals surface area contributed by atoms with Gasteiger partial charge in [0.15, 0.2) is 11.5 Å². The van der Waals surface area contributed by atoms with Gasteiger partial charge in [-0.3, -0.25) is 9.78 Å². The molecule has 0 saturated carbocycles. The summed E-state index contributed by atoms with van der Waals surface area (Å²) in [7, 11) is 3.76. The molecule has 10 nitrogen and oxygen atoms in total. The van der Waals surface area contributed by atoms with E-state index in [4.69, 9.17) is 4.98 Å². The number of carbonyl (C=O) groups excluding carboxylic acids is 1. The molecule has 1 amide bonds. The summed E-state index contributed by atoms with van der Waals surface area (Å²) in [6.45, 7) is 11.6. The van der Waals surface area contributed by atoms with Crippen molar-refractivity contribution in [2.24, 2.45) is 0 Å². The third kappa shape index (κ3) is 5.07. The summed E-state index contributed by atoms with van der Waals surface area (Å²) in [5, 5.41) is 0.293. The maximum Gasteiger partial charge on any atom is 0.355 e. The largest absolute Gasteiger partial charge is 0.372 e. The van der Waals surface area contributed by atoms with Gasteiger partial charge in [0.25, 0.3) is 0 Å². The van der Waals surface area contributed by atoms with Crippen LogP contribution in [-0.2, 0) is 4.79 Å². The van der Waals surface area contributed by atoms with E-state index in [1.54, 1.807) is 23.2 Å². The van der Waals surface area contributed by atoms with E-state index in [1.165, 1.54) is 22.8 Å². The molecule has 6 rings (SSSR count). The Hall–Kier alpha value is -4.87. The summed E-state index contributed by atoms with van der Waals surface area (Å²) < 4.78 is 33.4. The minimum Gasteiger partial charge on any atom is -0.372 e. The second-order valence-electron chi connectivity index (χ2n) is 12.0. The highest BCUT2D eigenvalue weighted by Crippen LogP contribution is 2.39. The Morgan fingerprint density at radius 3 is 2.44 bits per heavy atom. The van der Waals surface area contributed by atoms with Crippen molar-refractivity contribution in [3.8, 4) is 16.9 Å². The van der Waals surface area contributed by atoms with Gasteiger partial charge in [-0.25, -0.2) is 23.1 Å². The molecule has 1 aromatic carbocycles. The zero-order valence-corrected chi connectivity index (χ0v) is 26.1. The van der Waals surface area contributed by atoms with Crippen molar-refractivity contribution in [1.29, 1.82) is 0 Å². The molecule has 12 heteroatoms. The van der Waals surface area contributed by atoms with Crippen molar-refractivity contribution in [2.75, 3.05) is 61.5 Å².